The summed E-state index contributed by atoms with van der Waals surface area (Å²) in [6.07, 6.45) is 3.38. The standard InChI is InChI=1S/C24H26FNO4S.C23H23BrFNO3S/c1-17-23(26-24(30-17)20-10-6-19(7-11-20)14-29-2)16-31(28)15-22(27)5-3-4-18-8-12-21(25)13-9-18;1-16-22(26-23(29-16)19-9-5-18(13-24)6-10-19)15-30(28)14-21(27)4-2-3-17-7-11-20(25)12-8-17/h6-13H,3-5,14-16H2,1-2H3;5-12H,2-4,13-15H2,1H3. The molecular formula is C47H49BrF2N2O7S2. The fourth-order valence-electron chi connectivity index (χ4n) is 6.21. The van der Waals surface area contributed by atoms with E-state index < -0.39 is 21.6 Å². The number of nitrogens with zero attached hydrogens (tertiary/aromatic N) is 2. The van der Waals surface area contributed by atoms with E-state index in [0.717, 1.165) is 38.7 Å². The topological polar surface area (TPSA) is 130 Å². The van der Waals surface area contributed by atoms with Gasteiger partial charge in [0.25, 0.3) is 0 Å². The van der Waals surface area contributed by atoms with Gasteiger partial charge < -0.3 is 13.6 Å². The average molecular weight is 936 g/mol. The molecule has 4 aromatic carbocycles. The van der Waals surface area contributed by atoms with Crippen molar-refractivity contribution in [1.82, 2.24) is 9.97 Å². The molecule has 6 aromatic rings. The molecule has 0 bridgehead atoms. The third-order valence-corrected chi connectivity index (χ3v) is 12.7. The van der Waals surface area contributed by atoms with Gasteiger partial charge in [-0.1, -0.05) is 64.5 Å². The number of carbonyl (C=O) groups is 2. The molecule has 0 aliphatic rings. The van der Waals surface area contributed by atoms with Gasteiger partial charge in [0.15, 0.2) is 0 Å². The normalized spacial score (nSPS) is 12.1. The summed E-state index contributed by atoms with van der Waals surface area (Å²) in [7, 11) is -1.04. The SMILES string of the molecule is COCc1ccc(-c2nc(CS(=O)CC(=O)CCCc3ccc(F)cc3)c(C)o2)cc1.Cc1oc(-c2ccc(CBr)cc2)nc1CS(=O)CC(=O)CCCc1ccc(F)cc1. The Bertz CT molecular complexity index is 2380. The molecule has 14 heteroatoms. The zero-order valence-corrected chi connectivity index (χ0v) is 37.6. The minimum absolute atomic E-state index is 0.00321. The number of alkyl halides is 1. The number of oxazole rings is 2. The summed E-state index contributed by atoms with van der Waals surface area (Å²) >= 11 is 3.42. The number of rotatable bonds is 21. The number of benzene rings is 4. The van der Waals surface area contributed by atoms with Crippen LogP contribution < -0.4 is 0 Å². The molecule has 2 aromatic heterocycles. The highest BCUT2D eigenvalue weighted by molar-refractivity contribution is 9.08. The van der Waals surface area contributed by atoms with Crippen LogP contribution in [0.25, 0.3) is 22.9 Å². The number of methoxy groups -OCH3 is 1. The van der Waals surface area contributed by atoms with Crippen LogP contribution in [0.1, 0.15) is 70.8 Å². The van der Waals surface area contributed by atoms with Gasteiger partial charge in [-0.2, -0.15) is 0 Å². The molecule has 0 saturated heterocycles. The molecule has 0 radical (unpaired) electrons. The number of Topliss-reactive ketones (excluding diaryl/α,β-unsaturated/α-hetero) is 2. The maximum atomic E-state index is 12.9. The number of carbonyl (C=O) groups excluding carboxylic acids is 2. The first-order chi connectivity index (χ1) is 29.4. The Morgan fingerprint density at radius 1 is 0.607 bits per heavy atom. The lowest BCUT2D eigenvalue weighted by atomic mass is 10.1. The molecule has 0 amide bonds. The van der Waals surface area contributed by atoms with Crippen LogP contribution in [0.3, 0.4) is 0 Å². The lowest BCUT2D eigenvalue weighted by molar-refractivity contribution is -0.117. The van der Waals surface area contributed by atoms with Crippen LogP contribution in [0.15, 0.2) is 106 Å². The highest BCUT2D eigenvalue weighted by atomic mass is 79.9. The Kier molecular flexibility index (Phi) is 18.6. The van der Waals surface area contributed by atoms with E-state index in [9.17, 15) is 26.8 Å². The van der Waals surface area contributed by atoms with Crippen molar-refractivity contribution in [2.24, 2.45) is 0 Å². The molecule has 0 saturated carbocycles. The van der Waals surface area contributed by atoms with Crippen molar-refractivity contribution in [2.75, 3.05) is 18.6 Å². The highest BCUT2D eigenvalue weighted by Crippen LogP contribution is 2.25. The third kappa shape index (κ3) is 15.6. The summed E-state index contributed by atoms with van der Waals surface area (Å²) in [4.78, 5) is 33.3. The number of hydrogen-bond donors (Lipinski definition) is 0. The average Bonchev–Trinajstić information content (AvgIpc) is 3.80. The summed E-state index contributed by atoms with van der Waals surface area (Å²) in [5, 5.41) is 0.778. The maximum Gasteiger partial charge on any atom is 0.226 e. The number of ether oxygens (including phenoxy) is 1. The predicted molar refractivity (Wildman–Crippen MR) is 239 cm³/mol. The number of aromatic nitrogens is 2. The zero-order chi connectivity index (χ0) is 43.7. The van der Waals surface area contributed by atoms with Crippen molar-refractivity contribution in [3.05, 3.63) is 154 Å². The first kappa shape index (κ1) is 47.3. The molecule has 0 aliphatic heterocycles. The first-order valence-corrected chi connectivity index (χ1v) is 23.9. The summed E-state index contributed by atoms with van der Waals surface area (Å²) in [5.74, 6) is 1.93. The molecule has 2 heterocycles. The van der Waals surface area contributed by atoms with Crippen LogP contribution in [0, 0.1) is 25.5 Å². The second-order valence-electron chi connectivity index (χ2n) is 14.5. The minimum Gasteiger partial charge on any atom is -0.441 e. The monoisotopic (exact) mass is 934 g/mol. The maximum absolute atomic E-state index is 12.9. The van der Waals surface area contributed by atoms with Crippen LogP contribution in [0.4, 0.5) is 8.78 Å². The lowest BCUT2D eigenvalue weighted by Crippen LogP contribution is -2.12. The molecule has 2 unspecified atom stereocenters. The van der Waals surface area contributed by atoms with E-state index in [4.69, 9.17) is 13.6 Å². The van der Waals surface area contributed by atoms with Crippen molar-refractivity contribution in [3.63, 3.8) is 0 Å². The molecule has 0 fully saturated rings. The van der Waals surface area contributed by atoms with Gasteiger partial charge in [0.05, 0.1) is 41.0 Å². The molecule has 322 valence electrons. The zero-order valence-electron chi connectivity index (χ0n) is 34.4. The van der Waals surface area contributed by atoms with Crippen molar-refractivity contribution >= 4 is 49.1 Å². The smallest absolute Gasteiger partial charge is 0.226 e. The molecule has 61 heavy (non-hydrogen) atoms. The van der Waals surface area contributed by atoms with Crippen LogP contribution in [-0.2, 0) is 72.2 Å². The summed E-state index contributed by atoms with van der Waals surface area (Å²) < 4.78 is 67.3. The minimum atomic E-state index is -1.35. The van der Waals surface area contributed by atoms with Gasteiger partial charge in [-0.3, -0.25) is 18.0 Å². The molecule has 9 nitrogen and oxygen atoms in total. The van der Waals surface area contributed by atoms with E-state index in [1.807, 2.05) is 48.5 Å². The van der Waals surface area contributed by atoms with Crippen molar-refractivity contribution in [3.8, 4) is 22.9 Å². The molecule has 0 spiro atoms. The van der Waals surface area contributed by atoms with Gasteiger partial charge in [-0.15, -0.1) is 0 Å². The van der Waals surface area contributed by atoms with Crippen LogP contribution in [-0.4, -0.2) is 48.6 Å². The van der Waals surface area contributed by atoms with Crippen LogP contribution >= 0.6 is 15.9 Å². The Balaban J connectivity index is 0.000000231. The van der Waals surface area contributed by atoms with Crippen molar-refractivity contribution < 1.29 is 40.4 Å². The van der Waals surface area contributed by atoms with Gasteiger partial charge in [-0.25, -0.2) is 18.7 Å². The molecular weight excluding hydrogens is 887 g/mol. The molecule has 6 rings (SSSR count). The van der Waals surface area contributed by atoms with E-state index in [1.54, 1.807) is 45.2 Å². The number of halogens is 3. The number of hydrogen-bond acceptors (Lipinski definition) is 9. The fraction of sp³-hybridized carbons (Fsp3) is 0.319. The largest absolute Gasteiger partial charge is 0.441 e. The van der Waals surface area contributed by atoms with Gasteiger partial charge in [0.2, 0.25) is 11.8 Å². The van der Waals surface area contributed by atoms with E-state index >= 15 is 0 Å². The third-order valence-electron chi connectivity index (χ3n) is 9.56. The van der Waals surface area contributed by atoms with E-state index in [0.29, 0.717) is 79.8 Å². The van der Waals surface area contributed by atoms with E-state index in [1.165, 1.54) is 24.3 Å². The Morgan fingerprint density at radius 3 is 1.36 bits per heavy atom. The highest BCUT2D eigenvalue weighted by Gasteiger charge is 2.18. The number of ketones is 2. The fourth-order valence-corrected chi connectivity index (χ4v) is 8.94. The van der Waals surface area contributed by atoms with Crippen LogP contribution in [0.2, 0.25) is 0 Å². The lowest BCUT2D eigenvalue weighted by Gasteiger charge is -2.02. The Morgan fingerprint density at radius 2 is 0.984 bits per heavy atom. The van der Waals surface area contributed by atoms with E-state index in [2.05, 4.69) is 25.9 Å². The van der Waals surface area contributed by atoms with Gasteiger partial charge in [0.1, 0.15) is 34.7 Å². The van der Waals surface area contributed by atoms with Gasteiger partial charge >= 0.3 is 0 Å². The predicted octanol–water partition coefficient (Wildman–Crippen LogP) is 10.3. The Hall–Kier alpha value is -4.76. The molecule has 0 N–H and O–H groups in total. The van der Waals surface area contributed by atoms with Crippen LogP contribution in [0.5, 0.6) is 0 Å². The van der Waals surface area contributed by atoms with E-state index in [-0.39, 0.29) is 46.2 Å². The first-order valence-electron chi connectivity index (χ1n) is 19.8. The summed E-state index contributed by atoms with van der Waals surface area (Å²) in [6, 6.07) is 28.1. The second kappa shape index (κ2) is 24.0. The molecule has 2 atom stereocenters. The van der Waals surface area contributed by atoms with Crippen molar-refractivity contribution in [1.29, 1.82) is 0 Å². The second-order valence-corrected chi connectivity index (χ2v) is 18.0. The molecule has 0 aliphatic carbocycles. The summed E-state index contributed by atoms with van der Waals surface area (Å²) in [6.45, 7) is 4.11. The number of aryl methyl sites for hydroxylation is 4. The summed E-state index contributed by atoms with van der Waals surface area (Å²) in [5.41, 5.74) is 7.08. The quantitative estimate of drug-likeness (QED) is 0.0648. The van der Waals surface area contributed by atoms with Gasteiger partial charge in [0, 0.05) is 58.0 Å². The van der Waals surface area contributed by atoms with Crippen molar-refractivity contribution in [2.45, 2.75) is 75.8 Å². The van der Waals surface area contributed by atoms with Gasteiger partial charge in [-0.05, 0) is 110 Å². The Labute approximate surface area is 368 Å².